The Labute approximate surface area is 166 Å². The fourth-order valence-corrected chi connectivity index (χ4v) is 2.61. The zero-order chi connectivity index (χ0) is 20.1. The number of anilines is 1. The van der Waals surface area contributed by atoms with E-state index in [0.717, 1.165) is 11.1 Å². The van der Waals surface area contributed by atoms with E-state index in [0.29, 0.717) is 23.2 Å². The van der Waals surface area contributed by atoms with Crippen LogP contribution in [0.1, 0.15) is 0 Å². The minimum atomic E-state index is -0.362. The molecule has 0 atom stereocenters. The number of rotatable bonds is 6. The Hall–Kier alpha value is -4.00. The van der Waals surface area contributed by atoms with Crippen molar-refractivity contribution in [2.75, 3.05) is 11.9 Å². The third-order valence-corrected chi connectivity index (χ3v) is 4.04. The highest BCUT2D eigenvalue weighted by atomic mass is 19.1. The van der Waals surface area contributed by atoms with Gasteiger partial charge >= 0.3 is 0 Å². The number of carbonyl (C=O) groups excluding carboxylic acids is 1. The summed E-state index contributed by atoms with van der Waals surface area (Å²) in [7, 11) is 0. The van der Waals surface area contributed by atoms with Gasteiger partial charge in [0, 0.05) is 16.8 Å². The highest BCUT2D eigenvalue weighted by Crippen LogP contribution is 2.24. The standard InChI is InChI=1S/C22H16FN3O3/c23-17-8-12-19(13-9-17)28-14-20(27)24-18-10-6-16(7-11-18)22-26-25-21(29-22)15-4-2-1-3-5-15/h1-13H,14H2,(H,24,27). The van der Waals surface area contributed by atoms with Crippen molar-refractivity contribution in [1.29, 1.82) is 0 Å². The first kappa shape index (κ1) is 18.4. The molecule has 7 heteroatoms. The van der Waals surface area contributed by atoms with Crippen LogP contribution in [0.3, 0.4) is 0 Å². The van der Waals surface area contributed by atoms with Gasteiger partial charge < -0.3 is 14.5 Å². The fourth-order valence-electron chi connectivity index (χ4n) is 2.61. The zero-order valence-electron chi connectivity index (χ0n) is 15.2. The second kappa shape index (κ2) is 8.35. The Morgan fingerprint density at radius 2 is 1.48 bits per heavy atom. The van der Waals surface area contributed by atoms with Gasteiger partial charge in [-0.1, -0.05) is 18.2 Å². The molecular weight excluding hydrogens is 373 g/mol. The molecule has 6 nitrogen and oxygen atoms in total. The van der Waals surface area contributed by atoms with Crippen molar-refractivity contribution in [2.45, 2.75) is 0 Å². The monoisotopic (exact) mass is 389 g/mol. The molecule has 1 amide bonds. The van der Waals surface area contributed by atoms with E-state index in [9.17, 15) is 9.18 Å². The molecule has 0 saturated heterocycles. The van der Waals surface area contributed by atoms with Gasteiger partial charge in [-0.05, 0) is 60.7 Å². The van der Waals surface area contributed by atoms with E-state index >= 15 is 0 Å². The van der Waals surface area contributed by atoms with Crippen molar-refractivity contribution in [3.8, 4) is 28.7 Å². The van der Waals surface area contributed by atoms with Crippen LogP contribution in [0.4, 0.5) is 10.1 Å². The number of nitrogens with one attached hydrogen (secondary N) is 1. The lowest BCUT2D eigenvalue weighted by atomic mass is 10.2. The zero-order valence-corrected chi connectivity index (χ0v) is 15.2. The van der Waals surface area contributed by atoms with Crippen LogP contribution in [0.5, 0.6) is 5.75 Å². The van der Waals surface area contributed by atoms with Gasteiger partial charge in [-0.3, -0.25) is 4.79 Å². The van der Waals surface area contributed by atoms with Crippen molar-refractivity contribution in [3.63, 3.8) is 0 Å². The van der Waals surface area contributed by atoms with Crippen molar-refractivity contribution < 1.29 is 18.3 Å². The maximum atomic E-state index is 12.9. The first-order chi connectivity index (χ1) is 14.2. The van der Waals surface area contributed by atoms with Crippen LogP contribution in [0.2, 0.25) is 0 Å². The summed E-state index contributed by atoms with van der Waals surface area (Å²) in [6.07, 6.45) is 0. The molecule has 3 aromatic carbocycles. The van der Waals surface area contributed by atoms with E-state index in [4.69, 9.17) is 9.15 Å². The number of nitrogens with zero attached hydrogens (tertiary/aromatic N) is 2. The number of ether oxygens (including phenoxy) is 1. The predicted octanol–water partition coefficient (Wildman–Crippen LogP) is 4.56. The van der Waals surface area contributed by atoms with Gasteiger partial charge in [0.15, 0.2) is 6.61 Å². The van der Waals surface area contributed by atoms with Crippen molar-refractivity contribution in [2.24, 2.45) is 0 Å². The van der Waals surface area contributed by atoms with Gasteiger partial charge in [-0.2, -0.15) is 0 Å². The lowest BCUT2D eigenvalue weighted by Gasteiger charge is -2.07. The quantitative estimate of drug-likeness (QED) is 0.523. The number of hydrogen-bond acceptors (Lipinski definition) is 5. The summed E-state index contributed by atoms with van der Waals surface area (Å²) in [6, 6.07) is 22.0. The number of carbonyl (C=O) groups is 1. The summed E-state index contributed by atoms with van der Waals surface area (Å²) in [4.78, 5) is 12.0. The third kappa shape index (κ3) is 4.65. The number of hydrogen-bond donors (Lipinski definition) is 1. The van der Waals surface area contributed by atoms with Crippen LogP contribution in [-0.2, 0) is 4.79 Å². The maximum absolute atomic E-state index is 12.9. The van der Waals surface area contributed by atoms with Gasteiger partial charge in [-0.15, -0.1) is 10.2 Å². The molecule has 1 aromatic heterocycles. The Kier molecular flexibility index (Phi) is 5.29. The molecule has 29 heavy (non-hydrogen) atoms. The van der Waals surface area contributed by atoms with Crippen LogP contribution >= 0.6 is 0 Å². The number of aromatic nitrogens is 2. The molecule has 0 fully saturated rings. The summed E-state index contributed by atoms with van der Waals surface area (Å²) in [5, 5.41) is 10.9. The Morgan fingerprint density at radius 3 is 2.14 bits per heavy atom. The molecule has 1 N–H and O–H groups in total. The molecule has 0 bridgehead atoms. The summed E-state index contributed by atoms with van der Waals surface area (Å²) >= 11 is 0. The molecule has 0 aliphatic carbocycles. The maximum Gasteiger partial charge on any atom is 0.262 e. The topological polar surface area (TPSA) is 77.2 Å². The minimum Gasteiger partial charge on any atom is -0.484 e. The van der Waals surface area contributed by atoms with Gasteiger partial charge in [-0.25, -0.2) is 4.39 Å². The molecule has 0 saturated carbocycles. The molecule has 0 radical (unpaired) electrons. The lowest BCUT2D eigenvalue weighted by Crippen LogP contribution is -2.20. The second-order valence-corrected chi connectivity index (χ2v) is 6.15. The SMILES string of the molecule is O=C(COc1ccc(F)cc1)Nc1ccc(-c2nnc(-c3ccccc3)o2)cc1. The van der Waals surface area contributed by atoms with Crippen molar-refractivity contribution in [1.82, 2.24) is 10.2 Å². The van der Waals surface area contributed by atoms with Gasteiger partial charge in [0.2, 0.25) is 11.8 Å². The largest absolute Gasteiger partial charge is 0.484 e. The molecule has 4 rings (SSSR count). The summed E-state index contributed by atoms with van der Waals surface area (Å²) in [6.45, 7) is -0.183. The van der Waals surface area contributed by atoms with Gasteiger partial charge in [0.05, 0.1) is 0 Å². The number of benzene rings is 3. The van der Waals surface area contributed by atoms with E-state index in [1.165, 1.54) is 24.3 Å². The average molecular weight is 389 g/mol. The van der Waals surface area contributed by atoms with E-state index in [-0.39, 0.29) is 18.3 Å². The Bertz CT molecular complexity index is 1090. The van der Waals surface area contributed by atoms with Crippen LogP contribution in [0.25, 0.3) is 22.9 Å². The Morgan fingerprint density at radius 1 is 0.862 bits per heavy atom. The Balaban J connectivity index is 1.36. The predicted molar refractivity (Wildman–Crippen MR) is 106 cm³/mol. The van der Waals surface area contributed by atoms with Crippen molar-refractivity contribution in [3.05, 3.63) is 84.7 Å². The van der Waals surface area contributed by atoms with Crippen LogP contribution in [0.15, 0.2) is 83.3 Å². The highest BCUT2D eigenvalue weighted by molar-refractivity contribution is 5.92. The molecule has 4 aromatic rings. The highest BCUT2D eigenvalue weighted by Gasteiger charge is 2.11. The number of amides is 1. The third-order valence-electron chi connectivity index (χ3n) is 4.04. The number of halogens is 1. The van der Waals surface area contributed by atoms with E-state index in [2.05, 4.69) is 15.5 Å². The van der Waals surface area contributed by atoms with Gasteiger partial charge in [0.1, 0.15) is 11.6 Å². The minimum absolute atomic E-state index is 0.183. The van der Waals surface area contributed by atoms with Crippen LogP contribution in [0, 0.1) is 5.82 Å². The molecular formula is C22H16FN3O3. The summed E-state index contributed by atoms with van der Waals surface area (Å²) in [5.41, 5.74) is 2.18. The summed E-state index contributed by atoms with van der Waals surface area (Å²) in [5.74, 6) is 0.560. The second-order valence-electron chi connectivity index (χ2n) is 6.15. The normalized spacial score (nSPS) is 10.5. The molecule has 144 valence electrons. The van der Waals surface area contributed by atoms with Crippen LogP contribution in [-0.4, -0.2) is 22.7 Å². The summed E-state index contributed by atoms with van der Waals surface area (Å²) < 4.78 is 23.9. The lowest BCUT2D eigenvalue weighted by molar-refractivity contribution is -0.118. The van der Waals surface area contributed by atoms with Crippen LogP contribution < -0.4 is 10.1 Å². The van der Waals surface area contributed by atoms with E-state index in [1.54, 1.807) is 24.3 Å². The fraction of sp³-hybridized carbons (Fsp3) is 0.0455. The van der Waals surface area contributed by atoms with E-state index < -0.39 is 0 Å². The average Bonchev–Trinajstić information content (AvgIpc) is 3.25. The molecule has 1 heterocycles. The molecule has 0 aliphatic heterocycles. The first-order valence-corrected chi connectivity index (χ1v) is 8.85. The molecule has 0 unspecified atom stereocenters. The van der Waals surface area contributed by atoms with Gasteiger partial charge in [0.25, 0.3) is 5.91 Å². The van der Waals surface area contributed by atoms with E-state index in [1.807, 2.05) is 30.3 Å². The molecule has 0 spiro atoms. The van der Waals surface area contributed by atoms with Crippen molar-refractivity contribution >= 4 is 11.6 Å². The smallest absolute Gasteiger partial charge is 0.262 e. The first-order valence-electron chi connectivity index (χ1n) is 8.85. The molecule has 0 aliphatic rings.